The van der Waals surface area contributed by atoms with Gasteiger partial charge in [0.15, 0.2) is 5.78 Å². The summed E-state index contributed by atoms with van der Waals surface area (Å²) in [7, 11) is 1.63. The summed E-state index contributed by atoms with van der Waals surface area (Å²) in [6.45, 7) is 3.04. The standard InChI is InChI=1S/C29H38N6O4/c1-38-24-16-20(35-11-13-39-14-12-35)8-10-23(24)33-29-32-17-21-26(34-29)19(15-18-5-3-2-4-6-18)7-9-22(30)25(27(21)36)28(31)37/h8,10,16-19,25,30H,2-7,9,11-15H2,1H3,(H2,31,37)(H,32,33,34). The zero-order chi connectivity index (χ0) is 27.4. The summed E-state index contributed by atoms with van der Waals surface area (Å²) in [5.41, 5.74) is 8.35. The zero-order valence-corrected chi connectivity index (χ0v) is 22.6. The molecule has 39 heavy (non-hydrogen) atoms. The molecule has 2 heterocycles. The molecule has 1 amide bonds. The van der Waals surface area contributed by atoms with Gasteiger partial charge in [0.05, 0.1) is 37.3 Å². The van der Waals surface area contributed by atoms with Crippen LogP contribution in [0.5, 0.6) is 5.75 Å². The highest BCUT2D eigenvalue weighted by molar-refractivity contribution is 6.24. The number of methoxy groups -OCH3 is 1. The van der Waals surface area contributed by atoms with Gasteiger partial charge >= 0.3 is 0 Å². The Balaban J connectivity index is 1.46. The van der Waals surface area contributed by atoms with Gasteiger partial charge in [0.25, 0.3) is 0 Å². The number of morpholine rings is 1. The fourth-order valence-electron chi connectivity index (χ4n) is 6.16. The van der Waals surface area contributed by atoms with Crippen LogP contribution in [0.4, 0.5) is 17.3 Å². The van der Waals surface area contributed by atoms with E-state index < -0.39 is 17.6 Å². The number of primary amides is 1. The quantitative estimate of drug-likeness (QED) is 0.448. The molecule has 3 aliphatic rings. The van der Waals surface area contributed by atoms with Crippen LogP contribution in [-0.2, 0) is 9.53 Å². The van der Waals surface area contributed by atoms with Gasteiger partial charge in [-0.1, -0.05) is 32.1 Å². The molecule has 2 fully saturated rings. The first kappa shape index (κ1) is 27.1. The van der Waals surface area contributed by atoms with E-state index >= 15 is 0 Å². The summed E-state index contributed by atoms with van der Waals surface area (Å²) in [6.07, 6.45) is 9.44. The van der Waals surface area contributed by atoms with Crippen LogP contribution in [0, 0.1) is 17.2 Å². The van der Waals surface area contributed by atoms with Gasteiger partial charge in [-0.15, -0.1) is 0 Å². The van der Waals surface area contributed by atoms with Crippen LogP contribution in [0.15, 0.2) is 24.4 Å². The SMILES string of the molecule is COc1cc(N2CCOCC2)ccc1Nc1ncc2c(n1)C(CC1CCCCC1)CCC(=N)C(C(N)=O)C2=O. The van der Waals surface area contributed by atoms with Crippen molar-refractivity contribution in [3.05, 3.63) is 35.7 Å². The third-order valence-electron chi connectivity index (χ3n) is 8.28. The second kappa shape index (κ2) is 12.1. The van der Waals surface area contributed by atoms with E-state index in [0.717, 1.165) is 25.2 Å². The van der Waals surface area contributed by atoms with Crippen molar-refractivity contribution >= 4 is 34.7 Å². The fraction of sp³-hybridized carbons (Fsp3) is 0.552. The van der Waals surface area contributed by atoms with Crippen LogP contribution >= 0.6 is 0 Å². The third kappa shape index (κ3) is 6.06. The Bertz CT molecular complexity index is 1220. The number of ether oxygens (including phenoxy) is 2. The molecule has 2 aliphatic carbocycles. The molecule has 1 aromatic carbocycles. The number of nitrogens with one attached hydrogen (secondary N) is 2. The topological polar surface area (TPSA) is 144 Å². The molecule has 1 aliphatic heterocycles. The highest BCUT2D eigenvalue weighted by Crippen LogP contribution is 2.39. The normalized spacial score (nSPS) is 22.5. The van der Waals surface area contributed by atoms with Crippen LogP contribution in [0.2, 0.25) is 0 Å². The largest absolute Gasteiger partial charge is 0.494 e. The third-order valence-corrected chi connectivity index (χ3v) is 8.28. The van der Waals surface area contributed by atoms with Gasteiger partial charge in [0.2, 0.25) is 11.9 Å². The molecule has 2 unspecified atom stereocenters. The minimum absolute atomic E-state index is 0.00429. The van der Waals surface area contributed by atoms with E-state index in [1.165, 1.54) is 38.3 Å². The lowest BCUT2D eigenvalue weighted by Crippen LogP contribution is -2.38. The van der Waals surface area contributed by atoms with Gasteiger partial charge in [-0.05, 0) is 37.3 Å². The van der Waals surface area contributed by atoms with Crippen molar-refractivity contribution in [3.8, 4) is 5.75 Å². The van der Waals surface area contributed by atoms with E-state index in [2.05, 4.69) is 15.2 Å². The molecule has 4 N–H and O–H groups in total. The Morgan fingerprint density at radius 2 is 1.97 bits per heavy atom. The summed E-state index contributed by atoms with van der Waals surface area (Å²) >= 11 is 0. The Morgan fingerprint density at radius 1 is 1.21 bits per heavy atom. The van der Waals surface area contributed by atoms with Crippen LogP contribution in [0.1, 0.15) is 73.3 Å². The predicted octanol–water partition coefficient (Wildman–Crippen LogP) is 4.22. The number of fused-ring (bicyclic) bond motifs is 1. The maximum Gasteiger partial charge on any atom is 0.234 e. The number of aromatic nitrogens is 2. The van der Waals surface area contributed by atoms with Crippen molar-refractivity contribution in [3.63, 3.8) is 0 Å². The number of hydrogen-bond acceptors (Lipinski definition) is 9. The smallest absolute Gasteiger partial charge is 0.234 e. The molecule has 2 aromatic rings. The van der Waals surface area contributed by atoms with Gasteiger partial charge in [-0.3, -0.25) is 9.59 Å². The molecule has 5 rings (SSSR count). The maximum absolute atomic E-state index is 13.5. The minimum Gasteiger partial charge on any atom is -0.494 e. The summed E-state index contributed by atoms with van der Waals surface area (Å²) < 4.78 is 11.2. The highest BCUT2D eigenvalue weighted by Gasteiger charge is 2.37. The number of hydrogen-bond donors (Lipinski definition) is 3. The number of Topliss-reactive ketones (excluding diaryl/α,β-unsaturated/α-hetero) is 1. The number of benzene rings is 1. The van der Waals surface area contributed by atoms with E-state index in [4.69, 9.17) is 25.6 Å². The molecule has 208 valence electrons. The molecule has 0 radical (unpaired) electrons. The lowest BCUT2D eigenvalue weighted by molar-refractivity contribution is -0.118. The molecular formula is C29H38N6O4. The van der Waals surface area contributed by atoms with Gasteiger partial charge in [0.1, 0.15) is 11.7 Å². The first-order chi connectivity index (χ1) is 18.9. The first-order valence-corrected chi connectivity index (χ1v) is 14.0. The number of rotatable bonds is 7. The van der Waals surface area contributed by atoms with Crippen molar-refractivity contribution in [2.24, 2.45) is 17.6 Å². The summed E-state index contributed by atoms with van der Waals surface area (Å²) in [4.78, 5) is 37.2. The van der Waals surface area contributed by atoms with Gasteiger partial charge < -0.3 is 30.8 Å². The average molecular weight is 535 g/mol. The lowest BCUT2D eigenvalue weighted by Gasteiger charge is -2.30. The molecular weight excluding hydrogens is 496 g/mol. The second-order valence-corrected chi connectivity index (χ2v) is 10.8. The van der Waals surface area contributed by atoms with Crippen molar-refractivity contribution in [2.45, 2.75) is 57.3 Å². The number of amides is 1. The zero-order valence-electron chi connectivity index (χ0n) is 22.6. The van der Waals surface area contributed by atoms with Gasteiger partial charge in [0, 0.05) is 42.7 Å². The van der Waals surface area contributed by atoms with Gasteiger partial charge in [-0.25, -0.2) is 9.97 Å². The number of ketones is 1. The molecule has 1 aromatic heterocycles. The Kier molecular flexibility index (Phi) is 8.40. The second-order valence-electron chi connectivity index (χ2n) is 10.8. The van der Waals surface area contributed by atoms with Crippen molar-refractivity contribution < 1.29 is 19.1 Å². The van der Waals surface area contributed by atoms with Crippen LogP contribution in [0.25, 0.3) is 0 Å². The number of anilines is 3. The number of carbonyl (C=O) groups is 2. The number of carbonyl (C=O) groups excluding carboxylic acids is 2. The minimum atomic E-state index is -1.27. The van der Waals surface area contributed by atoms with E-state index in [9.17, 15) is 9.59 Å². The Labute approximate surface area is 229 Å². The number of nitrogens with zero attached hydrogens (tertiary/aromatic N) is 3. The monoisotopic (exact) mass is 534 g/mol. The molecule has 1 saturated heterocycles. The molecule has 10 heteroatoms. The lowest BCUT2D eigenvalue weighted by atomic mass is 9.76. The highest BCUT2D eigenvalue weighted by atomic mass is 16.5. The molecule has 0 spiro atoms. The van der Waals surface area contributed by atoms with E-state index in [0.29, 0.717) is 60.6 Å². The van der Waals surface area contributed by atoms with Crippen molar-refractivity contribution in [2.75, 3.05) is 43.6 Å². The van der Waals surface area contributed by atoms with Crippen molar-refractivity contribution in [1.82, 2.24) is 9.97 Å². The van der Waals surface area contributed by atoms with Gasteiger partial charge in [-0.2, -0.15) is 0 Å². The number of nitrogens with two attached hydrogens (primary N) is 1. The predicted molar refractivity (Wildman–Crippen MR) is 149 cm³/mol. The van der Waals surface area contributed by atoms with Crippen LogP contribution in [-0.4, -0.2) is 60.8 Å². The average Bonchev–Trinajstić information content (AvgIpc) is 2.95. The Hall–Kier alpha value is -3.53. The molecule has 1 saturated carbocycles. The molecule has 0 bridgehead atoms. The maximum atomic E-state index is 13.5. The molecule has 10 nitrogen and oxygen atoms in total. The first-order valence-electron chi connectivity index (χ1n) is 14.0. The van der Waals surface area contributed by atoms with Crippen LogP contribution in [0.3, 0.4) is 0 Å². The Morgan fingerprint density at radius 3 is 2.69 bits per heavy atom. The summed E-state index contributed by atoms with van der Waals surface area (Å²) in [6, 6.07) is 5.96. The van der Waals surface area contributed by atoms with E-state index in [1.54, 1.807) is 7.11 Å². The summed E-state index contributed by atoms with van der Waals surface area (Å²) in [5.74, 6) is -0.967. The molecule has 2 atom stereocenters. The van der Waals surface area contributed by atoms with Crippen LogP contribution < -0.4 is 20.7 Å². The van der Waals surface area contributed by atoms with E-state index in [1.807, 2.05) is 18.2 Å². The van der Waals surface area contributed by atoms with Crippen molar-refractivity contribution in [1.29, 1.82) is 5.41 Å². The summed E-state index contributed by atoms with van der Waals surface area (Å²) in [5, 5.41) is 11.7. The van der Waals surface area contributed by atoms with E-state index in [-0.39, 0.29) is 11.6 Å². The fourth-order valence-corrected chi connectivity index (χ4v) is 6.16.